The summed E-state index contributed by atoms with van der Waals surface area (Å²) in [7, 11) is 1.77. The van der Waals surface area contributed by atoms with Crippen LogP contribution in [0.2, 0.25) is 0 Å². The summed E-state index contributed by atoms with van der Waals surface area (Å²) in [6.07, 6.45) is 3.89. The van der Waals surface area contributed by atoms with E-state index in [-0.39, 0.29) is 11.8 Å². The van der Waals surface area contributed by atoms with E-state index in [1.807, 2.05) is 40.1 Å². The molecule has 0 unspecified atom stereocenters. The first-order chi connectivity index (χ1) is 13.1. The molecule has 4 rings (SSSR count). The first kappa shape index (κ1) is 17.6. The molecule has 0 radical (unpaired) electrons. The highest BCUT2D eigenvalue weighted by atomic mass is 16.2. The smallest absolute Gasteiger partial charge is 0.272 e. The van der Waals surface area contributed by atoms with Crippen molar-refractivity contribution in [2.24, 2.45) is 7.05 Å². The van der Waals surface area contributed by atoms with Crippen LogP contribution in [0.3, 0.4) is 0 Å². The van der Waals surface area contributed by atoms with Gasteiger partial charge in [0.2, 0.25) is 5.91 Å². The molecule has 2 fully saturated rings. The van der Waals surface area contributed by atoms with Gasteiger partial charge in [-0.2, -0.15) is 5.10 Å². The minimum absolute atomic E-state index is 0.0280. The van der Waals surface area contributed by atoms with Crippen molar-refractivity contribution in [2.75, 3.05) is 31.5 Å². The number of aromatic nitrogens is 2. The van der Waals surface area contributed by atoms with Crippen molar-refractivity contribution < 1.29 is 9.59 Å². The third-order valence-corrected chi connectivity index (χ3v) is 5.65. The number of likely N-dealkylation sites (tertiary alicyclic amines) is 2. The van der Waals surface area contributed by atoms with E-state index in [0.29, 0.717) is 31.6 Å². The van der Waals surface area contributed by atoms with Crippen molar-refractivity contribution in [3.05, 3.63) is 48.3 Å². The van der Waals surface area contributed by atoms with Crippen LogP contribution in [-0.4, -0.2) is 63.1 Å². The molecule has 0 aliphatic carbocycles. The van der Waals surface area contributed by atoms with E-state index >= 15 is 0 Å². The molecule has 0 saturated carbocycles. The maximum atomic E-state index is 13.2. The summed E-state index contributed by atoms with van der Waals surface area (Å²) in [5.41, 5.74) is 0.871. The maximum absolute atomic E-state index is 13.2. The molecule has 2 amide bonds. The SMILES string of the molecule is Cn1nccc1C(=O)N1CCC(Nc2ccccc2)(C(=O)N2CCC2)CC1. The van der Waals surface area contributed by atoms with E-state index in [0.717, 1.165) is 25.2 Å². The van der Waals surface area contributed by atoms with Crippen LogP contribution in [-0.2, 0) is 11.8 Å². The van der Waals surface area contributed by atoms with Crippen molar-refractivity contribution in [3.8, 4) is 0 Å². The number of carbonyl (C=O) groups is 2. The second-order valence-corrected chi connectivity index (χ2v) is 7.35. The number of amides is 2. The lowest BCUT2D eigenvalue weighted by atomic mass is 9.84. The van der Waals surface area contributed by atoms with E-state index in [1.165, 1.54) is 0 Å². The van der Waals surface area contributed by atoms with Gasteiger partial charge in [0.25, 0.3) is 5.91 Å². The molecule has 3 heterocycles. The fourth-order valence-electron chi connectivity index (χ4n) is 3.85. The third-order valence-electron chi connectivity index (χ3n) is 5.65. The molecular formula is C20H25N5O2. The second-order valence-electron chi connectivity index (χ2n) is 7.35. The average Bonchev–Trinajstić information content (AvgIpc) is 3.07. The van der Waals surface area contributed by atoms with Crippen LogP contribution in [0.25, 0.3) is 0 Å². The maximum Gasteiger partial charge on any atom is 0.272 e. The fourth-order valence-corrected chi connectivity index (χ4v) is 3.85. The van der Waals surface area contributed by atoms with Gasteiger partial charge in [0, 0.05) is 45.1 Å². The molecule has 27 heavy (non-hydrogen) atoms. The van der Waals surface area contributed by atoms with Gasteiger partial charge in [0.1, 0.15) is 11.2 Å². The normalized spacial score (nSPS) is 18.7. The third kappa shape index (κ3) is 3.29. The summed E-state index contributed by atoms with van der Waals surface area (Å²) in [5, 5.41) is 7.59. The van der Waals surface area contributed by atoms with E-state index in [9.17, 15) is 9.59 Å². The zero-order chi connectivity index (χ0) is 18.9. The molecule has 1 aromatic heterocycles. The minimum atomic E-state index is -0.648. The summed E-state index contributed by atoms with van der Waals surface area (Å²) in [6, 6.07) is 11.6. The molecular weight excluding hydrogens is 342 g/mol. The van der Waals surface area contributed by atoms with Crippen LogP contribution in [0.1, 0.15) is 29.8 Å². The topological polar surface area (TPSA) is 70.5 Å². The first-order valence-electron chi connectivity index (χ1n) is 9.49. The van der Waals surface area contributed by atoms with Crippen molar-refractivity contribution in [1.29, 1.82) is 0 Å². The van der Waals surface area contributed by atoms with Gasteiger partial charge in [-0.3, -0.25) is 14.3 Å². The van der Waals surface area contributed by atoms with E-state index in [1.54, 1.807) is 24.0 Å². The van der Waals surface area contributed by atoms with Crippen molar-refractivity contribution in [2.45, 2.75) is 24.8 Å². The van der Waals surface area contributed by atoms with Gasteiger partial charge < -0.3 is 15.1 Å². The molecule has 2 aliphatic rings. The number of rotatable bonds is 4. The van der Waals surface area contributed by atoms with Crippen molar-refractivity contribution in [3.63, 3.8) is 0 Å². The summed E-state index contributed by atoms with van der Waals surface area (Å²) >= 11 is 0. The van der Waals surface area contributed by atoms with Gasteiger partial charge in [-0.1, -0.05) is 18.2 Å². The van der Waals surface area contributed by atoms with Crippen LogP contribution < -0.4 is 5.32 Å². The molecule has 0 spiro atoms. The van der Waals surface area contributed by atoms with E-state index < -0.39 is 5.54 Å². The number of anilines is 1. The molecule has 1 N–H and O–H groups in total. The average molecular weight is 367 g/mol. The standard InChI is InChI=1S/C20H25N5O2/c1-23-17(8-11-21-23)18(26)24-14-9-20(10-15-24,19(27)25-12-5-13-25)22-16-6-3-2-4-7-16/h2-4,6-8,11,22H,5,9-10,12-15H2,1H3. The van der Waals surface area contributed by atoms with Crippen LogP contribution in [0.15, 0.2) is 42.6 Å². The number of aryl methyl sites for hydroxylation is 1. The number of para-hydroxylation sites is 1. The monoisotopic (exact) mass is 367 g/mol. The molecule has 0 atom stereocenters. The first-order valence-corrected chi connectivity index (χ1v) is 9.49. The van der Waals surface area contributed by atoms with Crippen LogP contribution in [0.4, 0.5) is 5.69 Å². The van der Waals surface area contributed by atoms with Crippen molar-refractivity contribution >= 4 is 17.5 Å². The Morgan fingerprint density at radius 1 is 1.00 bits per heavy atom. The highest BCUT2D eigenvalue weighted by Gasteiger charge is 2.45. The lowest BCUT2D eigenvalue weighted by molar-refractivity contribution is -0.141. The predicted molar refractivity (Wildman–Crippen MR) is 102 cm³/mol. The highest BCUT2D eigenvalue weighted by molar-refractivity contribution is 5.94. The quantitative estimate of drug-likeness (QED) is 0.894. The lowest BCUT2D eigenvalue weighted by Gasteiger charge is -2.46. The van der Waals surface area contributed by atoms with Crippen LogP contribution >= 0.6 is 0 Å². The Kier molecular flexibility index (Phi) is 4.59. The Labute approximate surface area is 158 Å². The van der Waals surface area contributed by atoms with Gasteiger partial charge in [-0.05, 0) is 37.5 Å². The van der Waals surface area contributed by atoms with E-state index in [2.05, 4.69) is 10.4 Å². The Balaban J connectivity index is 1.52. The van der Waals surface area contributed by atoms with E-state index in [4.69, 9.17) is 0 Å². The zero-order valence-electron chi connectivity index (χ0n) is 15.6. The van der Waals surface area contributed by atoms with Crippen LogP contribution in [0, 0.1) is 0 Å². The number of benzene rings is 1. The molecule has 2 aromatic rings. The van der Waals surface area contributed by atoms with Gasteiger partial charge in [-0.25, -0.2) is 0 Å². The number of hydrogen-bond donors (Lipinski definition) is 1. The van der Waals surface area contributed by atoms with Crippen LogP contribution in [0.5, 0.6) is 0 Å². The number of nitrogens with zero attached hydrogens (tertiary/aromatic N) is 4. The van der Waals surface area contributed by atoms with Gasteiger partial charge in [0.05, 0.1) is 0 Å². The Morgan fingerprint density at radius 3 is 2.26 bits per heavy atom. The van der Waals surface area contributed by atoms with Gasteiger partial charge in [0.15, 0.2) is 0 Å². The molecule has 7 nitrogen and oxygen atoms in total. The Morgan fingerprint density at radius 2 is 1.70 bits per heavy atom. The molecule has 0 bridgehead atoms. The zero-order valence-corrected chi connectivity index (χ0v) is 15.6. The molecule has 7 heteroatoms. The summed E-state index contributed by atoms with van der Waals surface area (Å²) in [5.74, 6) is 0.130. The highest BCUT2D eigenvalue weighted by Crippen LogP contribution is 2.31. The number of hydrogen-bond acceptors (Lipinski definition) is 4. The molecule has 2 aliphatic heterocycles. The predicted octanol–water partition coefficient (Wildman–Crippen LogP) is 1.74. The number of nitrogens with one attached hydrogen (secondary N) is 1. The fraction of sp³-hybridized carbons (Fsp3) is 0.450. The Hall–Kier alpha value is -2.83. The lowest BCUT2D eigenvalue weighted by Crippen LogP contribution is -2.62. The largest absolute Gasteiger partial charge is 0.371 e. The van der Waals surface area contributed by atoms with Gasteiger partial charge >= 0.3 is 0 Å². The second kappa shape index (κ2) is 7.06. The molecule has 2 saturated heterocycles. The summed E-state index contributed by atoms with van der Waals surface area (Å²) < 4.78 is 1.59. The minimum Gasteiger partial charge on any atom is -0.371 e. The Bertz CT molecular complexity index is 820. The molecule has 1 aromatic carbocycles. The van der Waals surface area contributed by atoms with Crippen molar-refractivity contribution in [1.82, 2.24) is 19.6 Å². The molecule has 142 valence electrons. The number of piperidine rings is 1. The number of carbonyl (C=O) groups excluding carboxylic acids is 2. The summed E-state index contributed by atoms with van der Waals surface area (Å²) in [4.78, 5) is 29.7. The van der Waals surface area contributed by atoms with Gasteiger partial charge in [-0.15, -0.1) is 0 Å². The summed E-state index contributed by atoms with van der Waals surface area (Å²) in [6.45, 7) is 2.75.